The summed E-state index contributed by atoms with van der Waals surface area (Å²) in [7, 11) is 0. The summed E-state index contributed by atoms with van der Waals surface area (Å²) in [5, 5.41) is 10.6. The van der Waals surface area contributed by atoms with E-state index < -0.39 is 0 Å². The van der Waals surface area contributed by atoms with Gasteiger partial charge in [-0.05, 0) is 56.5 Å². The van der Waals surface area contributed by atoms with E-state index in [1.165, 1.54) is 5.00 Å². The van der Waals surface area contributed by atoms with Crippen LogP contribution in [0.4, 0.5) is 5.00 Å². The minimum absolute atomic E-state index is 0.292. The predicted molar refractivity (Wildman–Crippen MR) is 114 cm³/mol. The fourth-order valence-electron chi connectivity index (χ4n) is 3.33. The van der Waals surface area contributed by atoms with Crippen LogP contribution in [0.1, 0.15) is 47.0 Å². The number of hydrogen-bond acceptors (Lipinski definition) is 4. The molecule has 0 amide bonds. The van der Waals surface area contributed by atoms with Crippen molar-refractivity contribution < 1.29 is 4.74 Å². The van der Waals surface area contributed by atoms with Crippen LogP contribution in [0.5, 0.6) is 0 Å². The molecule has 1 aromatic heterocycles. The average molecular weight is 381 g/mol. The zero-order valence-corrected chi connectivity index (χ0v) is 17.6. The van der Waals surface area contributed by atoms with Gasteiger partial charge in [0.2, 0.25) is 0 Å². The maximum absolute atomic E-state index is 5.83. The molecule has 2 heterocycles. The third-order valence-corrected chi connectivity index (χ3v) is 5.73. The van der Waals surface area contributed by atoms with Crippen molar-refractivity contribution in [2.24, 2.45) is 10.9 Å². The van der Waals surface area contributed by atoms with Crippen LogP contribution in [-0.2, 0) is 4.74 Å². The molecule has 1 aliphatic rings. The van der Waals surface area contributed by atoms with Crippen molar-refractivity contribution in [3.8, 4) is 0 Å². The van der Waals surface area contributed by atoms with Crippen molar-refractivity contribution in [2.75, 3.05) is 37.7 Å². The van der Waals surface area contributed by atoms with Gasteiger partial charge in [0.1, 0.15) is 0 Å². The molecule has 1 saturated heterocycles. The summed E-state index contributed by atoms with van der Waals surface area (Å²) in [6.45, 7) is 13.3. The van der Waals surface area contributed by atoms with Gasteiger partial charge in [0.05, 0.1) is 11.1 Å². The van der Waals surface area contributed by atoms with E-state index in [-0.39, 0.29) is 0 Å². The monoisotopic (exact) mass is 380 g/mol. The minimum Gasteiger partial charge on any atom is -0.378 e. The van der Waals surface area contributed by atoms with Crippen molar-refractivity contribution in [1.82, 2.24) is 10.6 Å². The zero-order valence-electron chi connectivity index (χ0n) is 16.8. The standard InChI is InChI=1S/C20H36N4OS/c1-5-21-20(22-12-9-18(16(3)4)25-6-2)23-17-10-13-24(14-11-17)19-8-7-15-26-19/h7-8,15-18H,5-6,9-14H2,1-4H3,(H2,21,22,23). The Morgan fingerprint density at radius 3 is 2.69 bits per heavy atom. The maximum atomic E-state index is 5.83. The molecule has 0 spiro atoms. The second-order valence-corrected chi connectivity index (χ2v) is 8.07. The van der Waals surface area contributed by atoms with Gasteiger partial charge in [-0.3, -0.25) is 4.99 Å². The first-order chi connectivity index (χ1) is 12.6. The number of guanidine groups is 1. The lowest BCUT2D eigenvalue weighted by atomic mass is 10.0. The molecule has 2 N–H and O–H groups in total. The molecule has 1 unspecified atom stereocenters. The Balaban J connectivity index is 1.80. The van der Waals surface area contributed by atoms with Gasteiger partial charge in [-0.15, -0.1) is 11.3 Å². The Labute approximate surface area is 163 Å². The lowest BCUT2D eigenvalue weighted by Gasteiger charge is -2.33. The van der Waals surface area contributed by atoms with Crippen LogP contribution < -0.4 is 15.5 Å². The number of ether oxygens (including phenoxy) is 1. The number of rotatable bonds is 9. The van der Waals surface area contributed by atoms with Gasteiger partial charge >= 0.3 is 0 Å². The highest BCUT2D eigenvalue weighted by Crippen LogP contribution is 2.24. The molecule has 0 radical (unpaired) electrons. The van der Waals surface area contributed by atoms with Crippen LogP contribution in [0.25, 0.3) is 0 Å². The fraction of sp³-hybridized carbons (Fsp3) is 0.750. The third kappa shape index (κ3) is 6.80. The van der Waals surface area contributed by atoms with E-state index in [1.807, 2.05) is 11.3 Å². The molecule has 1 aliphatic heterocycles. The highest BCUT2D eigenvalue weighted by Gasteiger charge is 2.20. The molecule has 148 valence electrons. The van der Waals surface area contributed by atoms with Crippen LogP contribution in [0, 0.1) is 5.92 Å². The van der Waals surface area contributed by atoms with Crippen molar-refractivity contribution in [3.63, 3.8) is 0 Å². The highest BCUT2D eigenvalue weighted by atomic mass is 32.1. The van der Waals surface area contributed by atoms with Gasteiger partial charge in [-0.25, -0.2) is 0 Å². The predicted octanol–water partition coefficient (Wildman–Crippen LogP) is 3.72. The molecule has 0 aromatic carbocycles. The molecule has 26 heavy (non-hydrogen) atoms. The molecule has 5 nitrogen and oxygen atoms in total. The second-order valence-electron chi connectivity index (χ2n) is 7.14. The largest absolute Gasteiger partial charge is 0.378 e. The SMILES string of the molecule is CCNC(=NCCC(OCC)C(C)C)NC1CCN(c2cccs2)CC1. The Morgan fingerprint density at radius 2 is 2.12 bits per heavy atom. The second kappa shape index (κ2) is 11.4. The van der Waals surface area contributed by atoms with Gasteiger partial charge < -0.3 is 20.3 Å². The average Bonchev–Trinajstić information content (AvgIpc) is 3.16. The third-order valence-electron chi connectivity index (χ3n) is 4.81. The summed E-state index contributed by atoms with van der Waals surface area (Å²) in [4.78, 5) is 7.27. The summed E-state index contributed by atoms with van der Waals surface area (Å²) in [6, 6.07) is 4.84. The van der Waals surface area contributed by atoms with Crippen molar-refractivity contribution in [3.05, 3.63) is 17.5 Å². The van der Waals surface area contributed by atoms with E-state index in [4.69, 9.17) is 9.73 Å². The van der Waals surface area contributed by atoms with E-state index in [1.54, 1.807) is 0 Å². The Morgan fingerprint density at radius 1 is 1.35 bits per heavy atom. The first-order valence-electron chi connectivity index (χ1n) is 10.1. The molecule has 6 heteroatoms. The van der Waals surface area contributed by atoms with Crippen LogP contribution in [0.3, 0.4) is 0 Å². The van der Waals surface area contributed by atoms with E-state index in [2.05, 4.69) is 60.7 Å². The number of nitrogens with zero attached hydrogens (tertiary/aromatic N) is 2. The number of thiophene rings is 1. The van der Waals surface area contributed by atoms with E-state index in [9.17, 15) is 0 Å². The topological polar surface area (TPSA) is 48.9 Å². The molecule has 1 aromatic rings. The van der Waals surface area contributed by atoms with E-state index in [0.29, 0.717) is 18.1 Å². The smallest absolute Gasteiger partial charge is 0.191 e. The number of nitrogens with one attached hydrogen (secondary N) is 2. The van der Waals surface area contributed by atoms with Gasteiger partial charge in [0.25, 0.3) is 0 Å². The lowest BCUT2D eigenvalue weighted by Crippen LogP contribution is -2.48. The summed E-state index contributed by atoms with van der Waals surface area (Å²) in [6.07, 6.45) is 3.56. The molecular formula is C20H36N4OS. The van der Waals surface area contributed by atoms with Crippen LogP contribution >= 0.6 is 11.3 Å². The van der Waals surface area contributed by atoms with Crippen molar-refractivity contribution in [1.29, 1.82) is 0 Å². The summed E-state index contributed by atoms with van der Waals surface area (Å²) in [5.74, 6) is 1.48. The van der Waals surface area contributed by atoms with Gasteiger partial charge in [-0.1, -0.05) is 13.8 Å². The van der Waals surface area contributed by atoms with Crippen molar-refractivity contribution in [2.45, 2.75) is 59.1 Å². The minimum atomic E-state index is 0.292. The lowest BCUT2D eigenvalue weighted by molar-refractivity contribution is 0.0266. The first kappa shape index (κ1) is 21.0. The zero-order chi connectivity index (χ0) is 18.8. The molecular weight excluding hydrogens is 344 g/mol. The molecule has 0 saturated carbocycles. The van der Waals surface area contributed by atoms with Crippen LogP contribution in [0.2, 0.25) is 0 Å². The molecule has 2 rings (SSSR count). The van der Waals surface area contributed by atoms with E-state index in [0.717, 1.165) is 58.0 Å². The normalized spacial score (nSPS) is 17.6. The first-order valence-corrected chi connectivity index (χ1v) is 11.0. The van der Waals surface area contributed by atoms with Crippen LogP contribution in [0.15, 0.2) is 22.5 Å². The van der Waals surface area contributed by atoms with E-state index >= 15 is 0 Å². The number of hydrogen-bond donors (Lipinski definition) is 2. The maximum Gasteiger partial charge on any atom is 0.191 e. The summed E-state index contributed by atoms with van der Waals surface area (Å²) < 4.78 is 5.83. The van der Waals surface area contributed by atoms with Gasteiger partial charge in [-0.2, -0.15) is 0 Å². The molecule has 1 fully saturated rings. The fourth-order valence-corrected chi connectivity index (χ4v) is 4.12. The number of piperidine rings is 1. The Bertz CT molecular complexity index is 510. The van der Waals surface area contributed by atoms with Crippen molar-refractivity contribution >= 4 is 22.3 Å². The number of anilines is 1. The molecule has 0 aliphatic carbocycles. The summed E-state index contributed by atoms with van der Waals surface area (Å²) in [5.41, 5.74) is 0. The highest BCUT2D eigenvalue weighted by molar-refractivity contribution is 7.14. The van der Waals surface area contributed by atoms with Gasteiger partial charge in [0, 0.05) is 38.8 Å². The Kier molecular flexibility index (Phi) is 9.26. The summed E-state index contributed by atoms with van der Waals surface area (Å²) >= 11 is 1.83. The van der Waals surface area contributed by atoms with Gasteiger partial charge in [0.15, 0.2) is 5.96 Å². The quantitative estimate of drug-likeness (QED) is 0.506. The molecule has 1 atom stereocenters. The number of aliphatic imine (C=N–C) groups is 1. The molecule has 0 bridgehead atoms. The Hall–Kier alpha value is -1.27. The van der Waals surface area contributed by atoms with Crippen LogP contribution in [-0.4, -0.2) is 50.9 Å².